The molecule has 0 atom stereocenters. The number of benzene rings is 1. The number of hydrogen-bond donors (Lipinski definition) is 1. The summed E-state index contributed by atoms with van der Waals surface area (Å²) in [6, 6.07) is 8.38. The summed E-state index contributed by atoms with van der Waals surface area (Å²) in [5.74, 6) is -0.159. The van der Waals surface area contributed by atoms with Gasteiger partial charge in [0.1, 0.15) is 6.54 Å². The van der Waals surface area contributed by atoms with E-state index in [2.05, 4.69) is 10.3 Å². The Kier molecular flexibility index (Phi) is 4.75. The summed E-state index contributed by atoms with van der Waals surface area (Å²) in [4.78, 5) is 28.0. The fraction of sp³-hybridized carbons (Fsp3) is 0.267. The van der Waals surface area contributed by atoms with Crippen molar-refractivity contribution in [2.45, 2.75) is 26.3 Å². The van der Waals surface area contributed by atoms with Gasteiger partial charge in [0.15, 0.2) is 0 Å². The molecule has 0 fully saturated rings. The van der Waals surface area contributed by atoms with Gasteiger partial charge in [-0.05, 0) is 18.1 Å². The highest BCUT2D eigenvalue weighted by Gasteiger charge is 2.09. The number of carbonyl (C=O) groups excluding carboxylic acids is 1. The summed E-state index contributed by atoms with van der Waals surface area (Å²) in [6.45, 7) is 3.81. The van der Waals surface area contributed by atoms with Crippen LogP contribution in [-0.2, 0) is 11.3 Å². The summed E-state index contributed by atoms with van der Waals surface area (Å²) in [5, 5.41) is 3.12. The molecule has 0 spiro atoms. The van der Waals surface area contributed by atoms with Gasteiger partial charge in [0.2, 0.25) is 5.91 Å². The molecule has 0 aliphatic heterocycles. The van der Waals surface area contributed by atoms with E-state index in [0.717, 1.165) is 0 Å². The van der Waals surface area contributed by atoms with Gasteiger partial charge in [-0.2, -0.15) is 0 Å². The second kappa shape index (κ2) is 6.54. The monoisotopic (exact) mass is 305 g/mol. The Morgan fingerprint density at radius 2 is 2.10 bits per heavy atom. The van der Waals surface area contributed by atoms with Crippen molar-refractivity contribution in [1.29, 1.82) is 0 Å². The number of carbonyl (C=O) groups is 1. The molecule has 0 bridgehead atoms. The first-order valence-electron chi connectivity index (χ1n) is 6.58. The number of halogens is 1. The first-order chi connectivity index (χ1) is 9.97. The number of nitrogens with zero attached hydrogens (tertiary/aromatic N) is 2. The van der Waals surface area contributed by atoms with Crippen molar-refractivity contribution >= 4 is 23.2 Å². The van der Waals surface area contributed by atoms with E-state index in [1.54, 1.807) is 24.3 Å². The molecular weight excluding hydrogens is 290 g/mol. The molecule has 6 heteroatoms. The number of nitrogens with one attached hydrogen (secondary N) is 1. The van der Waals surface area contributed by atoms with Gasteiger partial charge in [-0.25, -0.2) is 4.98 Å². The SMILES string of the molecule is CC(C)c1cc(=O)n(CC(=O)Nc2ccccc2Cl)cn1. The molecule has 0 saturated carbocycles. The predicted octanol–water partition coefficient (Wildman–Crippen LogP) is 2.66. The van der Waals surface area contributed by atoms with Gasteiger partial charge >= 0.3 is 0 Å². The Bertz CT molecular complexity index is 710. The van der Waals surface area contributed by atoms with Gasteiger partial charge in [-0.1, -0.05) is 37.6 Å². The zero-order valence-electron chi connectivity index (χ0n) is 11.8. The Balaban J connectivity index is 2.10. The quantitative estimate of drug-likeness (QED) is 0.944. The maximum Gasteiger partial charge on any atom is 0.254 e. The Hall–Kier alpha value is -2.14. The normalized spacial score (nSPS) is 10.7. The van der Waals surface area contributed by atoms with E-state index in [-0.39, 0.29) is 23.9 Å². The lowest BCUT2D eigenvalue weighted by Gasteiger charge is -2.09. The van der Waals surface area contributed by atoms with E-state index in [0.29, 0.717) is 16.4 Å². The molecule has 1 N–H and O–H groups in total. The fourth-order valence-corrected chi connectivity index (χ4v) is 1.96. The fourth-order valence-electron chi connectivity index (χ4n) is 1.78. The van der Waals surface area contributed by atoms with Crippen LogP contribution in [-0.4, -0.2) is 15.5 Å². The van der Waals surface area contributed by atoms with E-state index in [1.165, 1.54) is 17.0 Å². The zero-order chi connectivity index (χ0) is 15.4. The Morgan fingerprint density at radius 1 is 1.38 bits per heavy atom. The number of hydrogen-bond acceptors (Lipinski definition) is 3. The van der Waals surface area contributed by atoms with Crippen molar-refractivity contribution in [3.63, 3.8) is 0 Å². The summed E-state index contributed by atoms with van der Waals surface area (Å²) in [6.07, 6.45) is 1.39. The first kappa shape index (κ1) is 15.3. The van der Waals surface area contributed by atoms with Crippen LogP contribution in [0.1, 0.15) is 25.5 Å². The lowest BCUT2D eigenvalue weighted by molar-refractivity contribution is -0.116. The minimum Gasteiger partial charge on any atom is -0.323 e. The Morgan fingerprint density at radius 3 is 2.71 bits per heavy atom. The number of rotatable bonds is 4. The first-order valence-corrected chi connectivity index (χ1v) is 6.96. The van der Waals surface area contributed by atoms with Crippen molar-refractivity contribution in [3.05, 3.63) is 57.7 Å². The lowest BCUT2D eigenvalue weighted by Crippen LogP contribution is -2.28. The average molecular weight is 306 g/mol. The van der Waals surface area contributed by atoms with Crippen molar-refractivity contribution in [2.75, 3.05) is 5.32 Å². The molecule has 110 valence electrons. The van der Waals surface area contributed by atoms with Crippen LogP contribution in [0.5, 0.6) is 0 Å². The topological polar surface area (TPSA) is 64.0 Å². The zero-order valence-corrected chi connectivity index (χ0v) is 12.6. The van der Waals surface area contributed by atoms with E-state index in [4.69, 9.17) is 11.6 Å². The van der Waals surface area contributed by atoms with Crippen molar-refractivity contribution in [2.24, 2.45) is 0 Å². The van der Waals surface area contributed by atoms with Gasteiger partial charge in [-0.15, -0.1) is 0 Å². The maximum atomic E-state index is 11.9. The van der Waals surface area contributed by atoms with Crippen LogP contribution in [0, 0.1) is 0 Å². The van der Waals surface area contributed by atoms with E-state index >= 15 is 0 Å². The van der Waals surface area contributed by atoms with Crippen LogP contribution >= 0.6 is 11.6 Å². The minimum atomic E-state index is -0.329. The second-order valence-corrected chi connectivity index (χ2v) is 5.37. The molecule has 5 nitrogen and oxygen atoms in total. The van der Waals surface area contributed by atoms with Crippen LogP contribution in [0.15, 0.2) is 41.5 Å². The second-order valence-electron chi connectivity index (χ2n) is 4.96. The number of aromatic nitrogens is 2. The molecule has 21 heavy (non-hydrogen) atoms. The Labute approximate surface area is 127 Å². The van der Waals surface area contributed by atoms with E-state index < -0.39 is 0 Å². The molecule has 1 aromatic carbocycles. The van der Waals surface area contributed by atoms with Gasteiger partial charge in [0, 0.05) is 6.07 Å². The number of anilines is 1. The maximum absolute atomic E-state index is 11.9. The highest BCUT2D eigenvalue weighted by atomic mass is 35.5. The standard InChI is InChI=1S/C15H16ClN3O2/c1-10(2)13-7-15(21)19(9-17-13)8-14(20)18-12-6-4-3-5-11(12)16/h3-7,9-10H,8H2,1-2H3,(H,18,20). The smallest absolute Gasteiger partial charge is 0.254 e. The third-order valence-corrected chi connectivity index (χ3v) is 3.28. The number of para-hydroxylation sites is 1. The molecular formula is C15H16ClN3O2. The van der Waals surface area contributed by atoms with E-state index in [1.807, 2.05) is 13.8 Å². The summed E-state index contributed by atoms with van der Waals surface area (Å²) >= 11 is 5.96. The molecule has 1 heterocycles. The molecule has 0 unspecified atom stereocenters. The van der Waals surface area contributed by atoms with Crippen LogP contribution in [0.4, 0.5) is 5.69 Å². The lowest BCUT2D eigenvalue weighted by atomic mass is 10.1. The molecule has 1 aromatic heterocycles. The van der Waals surface area contributed by atoms with Crippen molar-refractivity contribution in [3.8, 4) is 0 Å². The van der Waals surface area contributed by atoms with Crippen LogP contribution in [0.2, 0.25) is 5.02 Å². The third-order valence-electron chi connectivity index (χ3n) is 2.95. The molecule has 1 amide bonds. The molecule has 0 radical (unpaired) electrons. The molecule has 2 aromatic rings. The molecule has 2 rings (SSSR count). The third kappa shape index (κ3) is 3.92. The largest absolute Gasteiger partial charge is 0.323 e. The van der Waals surface area contributed by atoms with Gasteiger partial charge in [0.25, 0.3) is 5.56 Å². The minimum absolute atomic E-state index is 0.102. The van der Waals surface area contributed by atoms with Gasteiger partial charge < -0.3 is 5.32 Å². The molecule has 0 aliphatic carbocycles. The van der Waals surface area contributed by atoms with Crippen molar-refractivity contribution in [1.82, 2.24) is 9.55 Å². The van der Waals surface area contributed by atoms with Gasteiger partial charge in [-0.3, -0.25) is 14.2 Å². The number of amides is 1. The molecule has 0 saturated heterocycles. The van der Waals surface area contributed by atoms with Gasteiger partial charge in [0.05, 0.1) is 22.7 Å². The highest BCUT2D eigenvalue weighted by Crippen LogP contribution is 2.20. The van der Waals surface area contributed by atoms with Crippen LogP contribution in [0.3, 0.4) is 0 Å². The average Bonchev–Trinajstić information content (AvgIpc) is 2.43. The van der Waals surface area contributed by atoms with Crippen LogP contribution < -0.4 is 10.9 Å². The van der Waals surface area contributed by atoms with Crippen molar-refractivity contribution < 1.29 is 4.79 Å². The van der Waals surface area contributed by atoms with Crippen LogP contribution in [0.25, 0.3) is 0 Å². The highest BCUT2D eigenvalue weighted by molar-refractivity contribution is 6.33. The summed E-state index contributed by atoms with van der Waals surface area (Å²) in [7, 11) is 0. The predicted molar refractivity (Wildman–Crippen MR) is 82.7 cm³/mol. The van der Waals surface area contributed by atoms with E-state index in [9.17, 15) is 9.59 Å². The summed E-state index contributed by atoms with van der Waals surface area (Å²) < 4.78 is 1.26. The summed E-state index contributed by atoms with van der Waals surface area (Å²) in [5.41, 5.74) is 0.981. The molecule has 0 aliphatic rings.